The van der Waals surface area contributed by atoms with E-state index in [0.29, 0.717) is 11.6 Å². The van der Waals surface area contributed by atoms with Crippen molar-refractivity contribution in [2.24, 2.45) is 5.92 Å². The van der Waals surface area contributed by atoms with Crippen molar-refractivity contribution in [3.8, 4) is 0 Å². The average molecular weight is 236 g/mol. The Morgan fingerprint density at radius 3 is 3.06 bits per heavy atom. The number of benzene rings is 1. The van der Waals surface area contributed by atoms with Gasteiger partial charge < -0.3 is 11.1 Å². The van der Waals surface area contributed by atoms with Crippen LogP contribution in [0.25, 0.3) is 0 Å². The van der Waals surface area contributed by atoms with Gasteiger partial charge in [0.15, 0.2) is 0 Å². The second kappa shape index (κ2) is 4.73. The molecule has 0 aromatic heterocycles. The summed E-state index contributed by atoms with van der Waals surface area (Å²) in [6.45, 7) is 2.13. The van der Waals surface area contributed by atoms with Crippen molar-refractivity contribution in [3.63, 3.8) is 0 Å². The maximum atomic E-state index is 13.0. The van der Waals surface area contributed by atoms with Gasteiger partial charge in [-0.1, -0.05) is 13.3 Å². The molecule has 0 heterocycles. The first-order valence-electron chi connectivity index (χ1n) is 5.97. The molecule has 17 heavy (non-hydrogen) atoms. The monoisotopic (exact) mass is 236 g/mol. The molecule has 1 amide bonds. The summed E-state index contributed by atoms with van der Waals surface area (Å²) in [6, 6.07) is 4.09. The number of carbonyl (C=O) groups is 1. The van der Waals surface area contributed by atoms with Crippen molar-refractivity contribution in [2.75, 3.05) is 5.73 Å². The van der Waals surface area contributed by atoms with Gasteiger partial charge in [-0.15, -0.1) is 0 Å². The lowest BCUT2D eigenvalue weighted by Crippen LogP contribution is -2.27. The summed E-state index contributed by atoms with van der Waals surface area (Å²) < 4.78 is 13.0. The van der Waals surface area contributed by atoms with Crippen LogP contribution in [0.2, 0.25) is 0 Å². The molecule has 1 aliphatic rings. The van der Waals surface area contributed by atoms with Gasteiger partial charge >= 0.3 is 0 Å². The minimum Gasteiger partial charge on any atom is -0.398 e. The molecule has 1 aromatic carbocycles. The second-order valence-corrected chi connectivity index (χ2v) is 4.60. The summed E-state index contributed by atoms with van der Waals surface area (Å²) in [5.41, 5.74) is 6.20. The number of nitrogens with one attached hydrogen (secondary N) is 1. The zero-order valence-corrected chi connectivity index (χ0v) is 9.87. The van der Waals surface area contributed by atoms with Gasteiger partial charge in [0, 0.05) is 11.7 Å². The fourth-order valence-corrected chi connectivity index (χ4v) is 2.09. The minimum atomic E-state index is -0.440. The third-order valence-corrected chi connectivity index (χ3v) is 3.16. The Bertz CT molecular complexity index is 433. The number of carbonyl (C=O) groups excluding carboxylic acids is 1. The molecule has 92 valence electrons. The molecule has 3 nitrogen and oxygen atoms in total. The normalized spacial score (nSPS) is 22.2. The van der Waals surface area contributed by atoms with E-state index in [2.05, 4.69) is 12.2 Å². The summed E-state index contributed by atoms with van der Waals surface area (Å²) in [7, 11) is 0. The first-order chi connectivity index (χ1) is 8.11. The highest BCUT2D eigenvalue weighted by Crippen LogP contribution is 2.34. The Hall–Kier alpha value is -1.58. The van der Waals surface area contributed by atoms with Crippen molar-refractivity contribution in [1.29, 1.82) is 0 Å². The van der Waals surface area contributed by atoms with E-state index in [4.69, 9.17) is 5.73 Å². The molecule has 0 bridgehead atoms. The van der Waals surface area contributed by atoms with Crippen molar-refractivity contribution in [2.45, 2.75) is 32.2 Å². The summed E-state index contributed by atoms with van der Waals surface area (Å²) >= 11 is 0. The topological polar surface area (TPSA) is 55.1 Å². The maximum absolute atomic E-state index is 13.0. The molecule has 1 fully saturated rings. The van der Waals surface area contributed by atoms with Gasteiger partial charge in [0.1, 0.15) is 5.82 Å². The van der Waals surface area contributed by atoms with Crippen molar-refractivity contribution >= 4 is 11.6 Å². The first kappa shape index (κ1) is 11.9. The number of halogens is 1. The second-order valence-electron chi connectivity index (χ2n) is 4.60. The summed E-state index contributed by atoms with van der Waals surface area (Å²) in [4.78, 5) is 11.9. The molecule has 2 rings (SSSR count). The number of hydrogen-bond acceptors (Lipinski definition) is 2. The van der Waals surface area contributed by atoms with Crippen LogP contribution in [0.1, 0.15) is 36.5 Å². The average Bonchev–Trinajstić information content (AvgIpc) is 3.00. The van der Waals surface area contributed by atoms with Gasteiger partial charge in [-0.25, -0.2) is 4.39 Å². The van der Waals surface area contributed by atoms with Crippen LogP contribution in [0, 0.1) is 11.7 Å². The molecular formula is C13H17FN2O. The van der Waals surface area contributed by atoms with Gasteiger partial charge in [-0.3, -0.25) is 4.79 Å². The third kappa shape index (κ3) is 2.75. The Morgan fingerprint density at radius 1 is 1.59 bits per heavy atom. The predicted molar refractivity (Wildman–Crippen MR) is 65.1 cm³/mol. The number of anilines is 1. The van der Waals surface area contributed by atoms with Crippen molar-refractivity contribution < 1.29 is 9.18 Å². The molecule has 2 atom stereocenters. The number of amides is 1. The largest absolute Gasteiger partial charge is 0.398 e. The van der Waals surface area contributed by atoms with Crippen LogP contribution >= 0.6 is 0 Å². The lowest BCUT2D eigenvalue weighted by Gasteiger charge is -2.07. The number of rotatable bonds is 4. The van der Waals surface area contributed by atoms with E-state index >= 15 is 0 Å². The molecule has 1 aromatic rings. The quantitative estimate of drug-likeness (QED) is 0.788. The van der Waals surface area contributed by atoms with E-state index < -0.39 is 5.82 Å². The Labute approximate surface area is 100 Å². The lowest BCUT2D eigenvalue weighted by molar-refractivity contribution is 0.0949. The zero-order chi connectivity index (χ0) is 12.4. The van der Waals surface area contributed by atoms with Crippen LogP contribution in [0.15, 0.2) is 18.2 Å². The van der Waals surface area contributed by atoms with Crippen LogP contribution in [0.5, 0.6) is 0 Å². The molecule has 0 saturated heterocycles. The van der Waals surface area contributed by atoms with Crippen molar-refractivity contribution in [1.82, 2.24) is 5.32 Å². The number of nitrogens with two attached hydrogens (primary N) is 1. The third-order valence-electron chi connectivity index (χ3n) is 3.16. The number of hydrogen-bond donors (Lipinski definition) is 2. The van der Waals surface area contributed by atoms with Crippen LogP contribution < -0.4 is 11.1 Å². The van der Waals surface area contributed by atoms with E-state index in [1.807, 2.05) is 0 Å². The highest BCUT2D eigenvalue weighted by atomic mass is 19.1. The van der Waals surface area contributed by atoms with Gasteiger partial charge in [0.05, 0.1) is 5.56 Å². The summed E-state index contributed by atoms with van der Waals surface area (Å²) in [5.74, 6) is -0.130. The smallest absolute Gasteiger partial charge is 0.253 e. The van der Waals surface area contributed by atoms with Gasteiger partial charge in [0.25, 0.3) is 5.91 Å². The van der Waals surface area contributed by atoms with E-state index in [1.54, 1.807) is 0 Å². The van der Waals surface area contributed by atoms with Gasteiger partial charge in [0.2, 0.25) is 0 Å². The van der Waals surface area contributed by atoms with Crippen LogP contribution in [0.4, 0.5) is 10.1 Å². The van der Waals surface area contributed by atoms with Crippen LogP contribution in [-0.2, 0) is 0 Å². The molecule has 0 radical (unpaired) electrons. The fourth-order valence-electron chi connectivity index (χ4n) is 2.09. The first-order valence-corrected chi connectivity index (χ1v) is 5.97. The molecule has 1 aliphatic carbocycles. The molecular weight excluding hydrogens is 219 g/mol. The van der Waals surface area contributed by atoms with E-state index in [9.17, 15) is 9.18 Å². The summed E-state index contributed by atoms with van der Waals surface area (Å²) in [6.07, 6.45) is 3.28. The minimum absolute atomic E-state index is 0.229. The highest BCUT2D eigenvalue weighted by molar-refractivity contribution is 5.99. The highest BCUT2D eigenvalue weighted by Gasteiger charge is 2.37. The molecule has 2 unspecified atom stereocenters. The summed E-state index contributed by atoms with van der Waals surface area (Å²) in [5, 5.41) is 2.89. The fraction of sp³-hybridized carbons (Fsp3) is 0.462. The Morgan fingerprint density at radius 2 is 2.35 bits per heavy atom. The van der Waals surface area contributed by atoms with E-state index in [1.165, 1.54) is 18.2 Å². The van der Waals surface area contributed by atoms with E-state index in [-0.39, 0.29) is 17.5 Å². The zero-order valence-electron chi connectivity index (χ0n) is 9.87. The standard InChI is InChI=1S/C13H17FN2O/c1-2-3-8-6-12(8)16-13(17)10-7-9(14)4-5-11(10)15/h4-5,7-8,12H,2-3,6,15H2,1H3,(H,16,17). The molecule has 0 aliphatic heterocycles. The Balaban J connectivity index is 1.98. The van der Waals surface area contributed by atoms with Gasteiger partial charge in [-0.2, -0.15) is 0 Å². The predicted octanol–water partition coefficient (Wildman–Crippen LogP) is 2.33. The maximum Gasteiger partial charge on any atom is 0.253 e. The molecule has 4 heteroatoms. The Kier molecular flexibility index (Phi) is 3.31. The van der Waals surface area contributed by atoms with Crippen molar-refractivity contribution in [3.05, 3.63) is 29.6 Å². The van der Waals surface area contributed by atoms with Gasteiger partial charge in [-0.05, 0) is 37.0 Å². The molecule has 1 saturated carbocycles. The number of nitrogen functional groups attached to an aromatic ring is 1. The molecule has 3 N–H and O–H groups in total. The SMILES string of the molecule is CCCC1CC1NC(=O)c1cc(F)ccc1N. The van der Waals surface area contributed by atoms with Crippen LogP contribution in [0.3, 0.4) is 0 Å². The van der Waals surface area contributed by atoms with Crippen LogP contribution in [-0.4, -0.2) is 11.9 Å². The van der Waals surface area contributed by atoms with E-state index in [0.717, 1.165) is 19.3 Å². The lowest BCUT2D eigenvalue weighted by atomic mass is 10.1. The molecule has 0 spiro atoms.